The summed E-state index contributed by atoms with van der Waals surface area (Å²) >= 11 is 5.76. The first-order valence-corrected chi connectivity index (χ1v) is 4.88. The second-order valence-corrected chi connectivity index (χ2v) is 4.20. The lowest BCUT2D eigenvalue weighted by Gasteiger charge is -2.23. The van der Waals surface area contributed by atoms with Crippen LogP contribution >= 0.6 is 11.6 Å². The first-order chi connectivity index (χ1) is 6.96. The highest BCUT2D eigenvalue weighted by Gasteiger charge is 2.21. The van der Waals surface area contributed by atoms with Gasteiger partial charge in [-0.15, -0.1) is 0 Å². The van der Waals surface area contributed by atoms with E-state index in [4.69, 9.17) is 16.7 Å². The number of rotatable bonds is 3. The van der Waals surface area contributed by atoms with Crippen LogP contribution in [0, 0.1) is 0 Å². The van der Waals surface area contributed by atoms with Crippen molar-refractivity contribution in [2.45, 2.75) is 19.4 Å². The lowest BCUT2D eigenvalue weighted by Crippen LogP contribution is -2.46. The molecule has 1 rings (SSSR count). The molecule has 0 saturated carbocycles. The van der Waals surface area contributed by atoms with Crippen molar-refractivity contribution in [3.8, 4) is 0 Å². The summed E-state index contributed by atoms with van der Waals surface area (Å²) in [6, 6.07) is 3.21. The van der Waals surface area contributed by atoms with Crippen molar-refractivity contribution in [1.29, 1.82) is 0 Å². The van der Waals surface area contributed by atoms with Crippen LogP contribution < -0.4 is 5.32 Å². The Morgan fingerprint density at radius 2 is 2.33 bits per heavy atom. The van der Waals surface area contributed by atoms with Gasteiger partial charge in [-0.25, -0.2) is 4.98 Å². The average Bonchev–Trinajstić information content (AvgIpc) is 2.17. The van der Waals surface area contributed by atoms with Crippen LogP contribution in [0.2, 0.25) is 5.15 Å². The van der Waals surface area contributed by atoms with Gasteiger partial charge < -0.3 is 10.4 Å². The van der Waals surface area contributed by atoms with Gasteiger partial charge in [-0.2, -0.15) is 0 Å². The fourth-order valence-corrected chi connectivity index (χ4v) is 1.17. The summed E-state index contributed by atoms with van der Waals surface area (Å²) in [7, 11) is 0. The molecule has 0 unspecified atom stereocenters. The highest BCUT2D eigenvalue weighted by molar-refractivity contribution is 6.32. The lowest BCUT2D eigenvalue weighted by atomic mass is 10.1. The van der Waals surface area contributed by atoms with Crippen LogP contribution in [0.4, 0.5) is 0 Å². The number of nitrogens with zero attached hydrogens (tertiary/aromatic N) is 1. The van der Waals surface area contributed by atoms with E-state index in [1.54, 1.807) is 26.0 Å². The van der Waals surface area contributed by atoms with E-state index in [9.17, 15) is 4.79 Å². The van der Waals surface area contributed by atoms with E-state index < -0.39 is 5.54 Å². The maximum Gasteiger partial charge on any atom is 0.254 e. The van der Waals surface area contributed by atoms with Crippen LogP contribution in [-0.2, 0) is 0 Å². The third-order valence-corrected chi connectivity index (χ3v) is 2.15. The highest BCUT2D eigenvalue weighted by Crippen LogP contribution is 2.12. The van der Waals surface area contributed by atoms with Gasteiger partial charge in [-0.1, -0.05) is 11.6 Å². The number of aliphatic hydroxyl groups excluding tert-OH is 1. The molecule has 4 nitrogen and oxygen atoms in total. The third-order valence-electron chi connectivity index (χ3n) is 1.85. The zero-order chi connectivity index (χ0) is 11.5. The molecule has 0 atom stereocenters. The Morgan fingerprint density at radius 1 is 1.67 bits per heavy atom. The van der Waals surface area contributed by atoms with E-state index in [1.807, 2.05) is 0 Å². The Morgan fingerprint density at radius 3 is 2.87 bits per heavy atom. The summed E-state index contributed by atoms with van der Waals surface area (Å²) in [6.07, 6.45) is 1.51. The smallest absolute Gasteiger partial charge is 0.254 e. The molecular formula is C10H13ClN2O2. The van der Waals surface area contributed by atoms with E-state index in [1.165, 1.54) is 6.20 Å². The Hall–Kier alpha value is -1.13. The van der Waals surface area contributed by atoms with E-state index >= 15 is 0 Å². The monoisotopic (exact) mass is 228 g/mol. The van der Waals surface area contributed by atoms with Crippen LogP contribution in [0.25, 0.3) is 0 Å². The topological polar surface area (TPSA) is 62.2 Å². The maximum absolute atomic E-state index is 11.7. The number of hydrogen-bond acceptors (Lipinski definition) is 3. The fraction of sp³-hybridized carbons (Fsp3) is 0.400. The number of halogens is 1. The van der Waals surface area contributed by atoms with Gasteiger partial charge in [-0.3, -0.25) is 4.79 Å². The molecule has 82 valence electrons. The molecule has 0 saturated heterocycles. The second-order valence-electron chi connectivity index (χ2n) is 3.84. The van der Waals surface area contributed by atoms with Crippen molar-refractivity contribution in [2.24, 2.45) is 0 Å². The average molecular weight is 229 g/mol. The van der Waals surface area contributed by atoms with Crippen molar-refractivity contribution < 1.29 is 9.90 Å². The quantitative estimate of drug-likeness (QED) is 0.766. The molecule has 0 bridgehead atoms. The molecule has 1 amide bonds. The Kier molecular flexibility index (Phi) is 3.66. The molecule has 5 heteroatoms. The molecule has 0 aliphatic carbocycles. The highest BCUT2D eigenvalue weighted by atomic mass is 35.5. The van der Waals surface area contributed by atoms with Gasteiger partial charge in [0, 0.05) is 6.20 Å². The van der Waals surface area contributed by atoms with Crippen molar-refractivity contribution in [3.63, 3.8) is 0 Å². The van der Waals surface area contributed by atoms with Crippen molar-refractivity contribution in [1.82, 2.24) is 10.3 Å². The number of hydrogen-bond donors (Lipinski definition) is 2. The van der Waals surface area contributed by atoms with Gasteiger partial charge in [0.15, 0.2) is 0 Å². The minimum atomic E-state index is -0.670. The zero-order valence-corrected chi connectivity index (χ0v) is 9.38. The number of amides is 1. The molecule has 0 radical (unpaired) electrons. The number of carbonyl (C=O) groups is 1. The fourth-order valence-electron chi connectivity index (χ4n) is 0.970. The Bertz CT molecular complexity index is 366. The molecule has 2 N–H and O–H groups in total. The summed E-state index contributed by atoms with van der Waals surface area (Å²) in [5.74, 6) is -0.341. The molecule has 1 aromatic rings. The minimum absolute atomic E-state index is 0.142. The third kappa shape index (κ3) is 3.18. The summed E-state index contributed by atoms with van der Waals surface area (Å²) < 4.78 is 0. The van der Waals surface area contributed by atoms with Crippen LogP contribution in [0.1, 0.15) is 24.2 Å². The van der Waals surface area contributed by atoms with Crippen LogP contribution in [0.5, 0.6) is 0 Å². The number of pyridine rings is 1. The molecule has 0 aliphatic heterocycles. The van der Waals surface area contributed by atoms with Gasteiger partial charge in [0.2, 0.25) is 0 Å². The summed E-state index contributed by atoms with van der Waals surface area (Å²) in [6.45, 7) is 3.29. The largest absolute Gasteiger partial charge is 0.394 e. The molecule has 1 aromatic heterocycles. The van der Waals surface area contributed by atoms with Gasteiger partial charge in [0.1, 0.15) is 5.15 Å². The maximum atomic E-state index is 11.7. The molecule has 0 spiro atoms. The Balaban J connectivity index is 2.83. The molecule has 0 aromatic carbocycles. The molecule has 0 fully saturated rings. The van der Waals surface area contributed by atoms with Gasteiger partial charge in [0.05, 0.1) is 17.7 Å². The summed E-state index contributed by atoms with van der Waals surface area (Å²) in [5, 5.41) is 11.8. The van der Waals surface area contributed by atoms with Crippen LogP contribution in [0.3, 0.4) is 0 Å². The number of carbonyl (C=O) groups excluding carboxylic acids is 1. The van der Waals surface area contributed by atoms with Crippen molar-refractivity contribution in [2.75, 3.05) is 6.61 Å². The molecule has 0 aliphatic rings. The molecular weight excluding hydrogens is 216 g/mol. The Labute approximate surface area is 93.3 Å². The van der Waals surface area contributed by atoms with Gasteiger partial charge in [-0.05, 0) is 26.0 Å². The zero-order valence-electron chi connectivity index (χ0n) is 8.62. The lowest BCUT2D eigenvalue weighted by molar-refractivity contribution is 0.0869. The van der Waals surface area contributed by atoms with Crippen LogP contribution in [0.15, 0.2) is 18.3 Å². The first kappa shape index (κ1) is 11.9. The standard InChI is InChI=1S/C10H13ClN2O2/c1-10(2,6-14)13-9(15)7-4-3-5-12-8(7)11/h3-5,14H,6H2,1-2H3,(H,13,15). The summed E-state index contributed by atoms with van der Waals surface area (Å²) in [5.41, 5.74) is -0.364. The normalized spacial score (nSPS) is 11.2. The number of aliphatic hydroxyl groups is 1. The predicted molar refractivity (Wildman–Crippen MR) is 57.9 cm³/mol. The van der Waals surface area contributed by atoms with Crippen molar-refractivity contribution >= 4 is 17.5 Å². The first-order valence-electron chi connectivity index (χ1n) is 4.50. The predicted octanol–water partition coefficient (Wildman–Crippen LogP) is 1.24. The number of nitrogens with one attached hydrogen (secondary N) is 1. The van der Waals surface area contributed by atoms with Gasteiger partial charge in [0.25, 0.3) is 5.91 Å². The number of aromatic nitrogens is 1. The van der Waals surface area contributed by atoms with E-state index in [0.717, 1.165) is 0 Å². The van der Waals surface area contributed by atoms with E-state index in [2.05, 4.69) is 10.3 Å². The summed E-state index contributed by atoms with van der Waals surface area (Å²) in [4.78, 5) is 15.5. The van der Waals surface area contributed by atoms with E-state index in [0.29, 0.717) is 5.56 Å². The SMILES string of the molecule is CC(C)(CO)NC(=O)c1cccnc1Cl. The van der Waals surface area contributed by atoms with Gasteiger partial charge >= 0.3 is 0 Å². The van der Waals surface area contributed by atoms with E-state index in [-0.39, 0.29) is 17.7 Å². The van der Waals surface area contributed by atoms with Crippen molar-refractivity contribution in [3.05, 3.63) is 29.0 Å². The second kappa shape index (κ2) is 4.59. The van der Waals surface area contributed by atoms with Crippen LogP contribution in [-0.4, -0.2) is 28.1 Å². The minimum Gasteiger partial charge on any atom is -0.394 e. The molecule has 1 heterocycles. The molecule has 15 heavy (non-hydrogen) atoms.